The Balaban J connectivity index is 1.51. The number of anilines is 1. The molecule has 15 heteroatoms. The summed E-state index contributed by atoms with van der Waals surface area (Å²) in [5.74, 6) is -1.09. The monoisotopic (exact) mass is 500 g/mol. The zero-order chi connectivity index (χ0) is 22.1. The maximum atomic E-state index is 12.8. The SMILES string of the molecule is CO/N=C(\C(=O)N[C@@H]1C(=O)N2C(C(=O)O)=C(SC3=NCCS3)CS[C@H]12)c1csc(N)n1. The minimum Gasteiger partial charge on any atom is -0.477 e. The van der Waals surface area contributed by atoms with Gasteiger partial charge in [0.2, 0.25) is 0 Å². The molecule has 164 valence electrons. The van der Waals surface area contributed by atoms with E-state index < -0.39 is 29.2 Å². The summed E-state index contributed by atoms with van der Waals surface area (Å²) in [6.45, 7) is 0.700. The van der Waals surface area contributed by atoms with Gasteiger partial charge < -0.3 is 21.0 Å². The molecule has 1 saturated heterocycles. The Bertz CT molecular complexity index is 1040. The van der Waals surface area contributed by atoms with Crippen LogP contribution in [-0.4, -0.2) is 79.4 Å². The Labute approximate surface area is 192 Å². The first kappa shape index (κ1) is 22.0. The molecule has 4 N–H and O–H groups in total. The van der Waals surface area contributed by atoms with Crippen molar-refractivity contribution in [2.75, 3.05) is 30.9 Å². The lowest BCUT2D eigenvalue weighted by Crippen LogP contribution is -2.71. The van der Waals surface area contributed by atoms with Crippen LogP contribution in [0.1, 0.15) is 5.69 Å². The Morgan fingerprint density at radius 2 is 2.29 bits per heavy atom. The number of hydrogen-bond acceptors (Lipinski definition) is 12. The van der Waals surface area contributed by atoms with Gasteiger partial charge in [0.05, 0.1) is 6.54 Å². The van der Waals surface area contributed by atoms with Gasteiger partial charge in [0.15, 0.2) is 10.8 Å². The molecule has 4 rings (SSSR count). The lowest BCUT2D eigenvalue weighted by Gasteiger charge is -2.49. The predicted octanol–water partition coefficient (Wildman–Crippen LogP) is 0.608. The third-order valence-corrected chi connectivity index (χ3v) is 8.74. The number of β-lactam (4-membered cyclic amide) rings is 1. The van der Waals surface area contributed by atoms with Crippen LogP contribution >= 0.6 is 46.6 Å². The molecule has 0 unspecified atom stereocenters. The van der Waals surface area contributed by atoms with Crippen molar-refractivity contribution < 1.29 is 24.3 Å². The molecule has 2 atom stereocenters. The number of oxime groups is 1. The molecule has 0 aliphatic carbocycles. The highest BCUT2D eigenvalue weighted by molar-refractivity contribution is 8.40. The predicted molar refractivity (Wildman–Crippen MR) is 122 cm³/mol. The summed E-state index contributed by atoms with van der Waals surface area (Å²) in [5, 5.41) is 17.3. The number of hydrogen-bond donors (Lipinski definition) is 3. The molecule has 11 nitrogen and oxygen atoms in total. The van der Waals surface area contributed by atoms with Gasteiger partial charge >= 0.3 is 5.97 Å². The second kappa shape index (κ2) is 9.10. The molecule has 1 aromatic heterocycles. The summed E-state index contributed by atoms with van der Waals surface area (Å²) in [6.07, 6.45) is 0. The fourth-order valence-electron chi connectivity index (χ4n) is 3.05. The first-order valence-electron chi connectivity index (χ1n) is 8.80. The van der Waals surface area contributed by atoms with Crippen LogP contribution in [0.5, 0.6) is 0 Å². The van der Waals surface area contributed by atoms with E-state index in [1.54, 1.807) is 17.1 Å². The van der Waals surface area contributed by atoms with Crippen LogP contribution in [0.3, 0.4) is 0 Å². The third kappa shape index (κ3) is 4.26. The number of carboxylic acids is 1. The molecule has 0 bridgehead atoms. The lowest BCUT2D eigenvalue weighted by atomic mass is 10.0. The van der Waals surface area contributed by atoms with E-state index in [0.29, 0.717) is 17.2 Å². The van der Waals surface area contributed by atoms with Crippen LogP contribution in [0, 0.1) is 0 Å². The van der Waals surface area contributed by atoms with Crippen molar-refractivity contribution in [1.29, 1.82) is 0 Å². The molecule has 1 aromatic rings. The number of thiazole rings is 1. The van der Waals surface area contributed by atoms with Crippen molar-refractivity contribution in [2.24, 2.45) is 10.1 Å². The van der Waals surface area contributed by atoms with Crippen molar-refractivity contribution in [1.82, 2.24) is 15.2 Å². The molecule has 3 aliphatic rings. The van der Waals surface area contributed by atoms with E-state index >= 15 is 0 Å². The zero-order valence-electron chi connectivity index (χ0n) is 15.9. The van der Waals surface area contributed by atoms with Crippen molar-refractivity contribution in [2.45, 2.75) is 11.4 Å². The first-order valence-corrected chi connectivity index (χ1v) is 12.5. The van der Waals surface area contributed by atoms with Crippen LogP contribution in [0.4, 0.5) is 5.13 Å². The summed E-state index contributed by atoms with van der Waals surface area (Å²) in [7, 11) is 1.28. The number of nitrogen functional groups attached to an aromatic ring is 1. The summed E-state index contributed by atoms with van der Waals surface area (Å²) in [5.41, 5.74) is 5.66. The smallest absolute Gasteiger partial charge is 0.353 e. The van der Waals surface area contributed by atoms with E-state index in [4.69, 9.17) is 10.6 Å². The standard InChI is InChI=1S/C16H16N6O5S4/c1-27-21-8(6-4-30-15(17)19-6)11(23)20-9-12(24)22-10(14(25)26)7(5-29-13(9)22)31-16-18-2-3-28-16/h4,9,13H,2-3,5H2,1H3,(H2,17,19)(H,20,23)(H,25,26)/b21-8-/t9-,13-/m1/s1. The van der Waals surface area contributed by atoms with Crippen molar-refractivity contribution in [3.63, 3.8) is 0 Å². The van der Waals surface area contributed by atoms with Gasteiger partial charge in [-0.25, -0.2) is 9.78 Å². The highest BCUT2D eigenvalue weighted by atomic mass is 32.2. The number of carbonyl (C=O) groups is 3. The number of nitrogens with one attached hydrogen (secondary N) is 1. The van der Waals surface area contributed by atoms with Gasteiger partial charge in [-0.15, -0.1) is 23.1 Å². The number of carbonyl (C=O) groups excluding carboxylic acids is 2. The van der Waals surface area contributed by atoms with Gasteiger partial charge in [-0.3, -0.25) is 19.5 Å². The van der Waals surface area contributed by atoms with Crippen LogP contribution in [-0.2, 0) is 19.2 Å². The number of aromatic nitrogens is 1. The van der Waals surface area contributed by atoms with E-state index in [0.717, 1.165) is 21.5 Å². The van der Waals surface area contributed by atoms with Gasteiger partial charge in [-0.2, -0.15) is 0 Å². The van der Waals surface area contributed by atoms with Crippen molar-refractivity contribution >= 4 is 79.6 Å². The maximum Gasteiger partial charge on any atom is 0.353 e. The van der Waals surface area contributed by atoms with Crippen LogP contribution in [0.2, 0.25) is 0 Å². The molecular weight excluding hydrogens is 484 g/mol. The highest BCUT2D eigenvalue weighted by Gasteiger charge is 2.54. The summed E-state index contributed by atoms with van der Waals surface area (Å²) >= 11 is 5.37. The number of carboxylic acid groups (broad SMARTS) is 1. The Morgan fingerprint density at radius 3 is 2.90 bits per heavy atom. The number of rotatable bonds is 6. The topological polar surface area (TPSA) is 160 Å². The number of thioether (sulfide) groups is 3. The van der Waals surface area contributed by atoms with Crippen molar-refractivity contribution in [3.05, 3.63) is 21.7 Å². The van der Waals surface area contributed by atoms with E-state index in [2.05, 4.69) is 20.4 Å². The minimum absolute atomic E-state index is 0.0579. The molecule has 4 heterocycles. The molecule has 2 amide bonds. The van der Waals surface area contributed by atoms with E-state index in [1.165, 1.54) is 35.5 Å². The number of fused-ring (bicyclic) bond motifs is 1. The number of nitrogens with two attached hydrogens (primary N) is 1. The van der Waals surface area contributed by atoms with E-state index in [-0.39, 0.29) is 22.2 Å². The molecule has 0 aromatic carbocycles. The van der Waals surface area contributed by atoms with Crippen LogP contribution in [0.15, 0.2) is 26.1 Å². The van der Waals surface area contributed by atoms with Gasteiger partial charge in [0.25, 0.3) is 11.8 Å². The minimum atomic E-state index is -1.19. The second-order valence-corrected chi connectivity index (χ2v) is 10.6. The van der Waals surface area contributed by atoms with Gasteiger partial charge in [-0.1, -0.05) is 28.7 Å². The average molecular weight is 501 g/mol. The number of nitrogens with zero attached hydrogens (tertiary/aromatic N) is 4. The fraction of sp³-hybridized carbons (Fsp3) is 0.375. The normalized spacial score (nSPS) is 23.3. The molecule has 1 fully saturated rings. The van der Waals surface area contributed by atoms with Crippen LogP contribution in [0.25, 0.3) is 0 Å². The first-order chi connectivity index (χ1) is 14.9. The van der Waals surface area contributed by atoms with Crippen LogP contribution < -0.4 is 11.1 Å². The van der Waals surface area contributed by atoms with Gasteiger partial charge in [0, 0.05) is 21.8 Å². The molecular formula is C16H16N6O5S4. The highest BCUT2D eigenvalue weighted by Crippen LogP contribution is 2.45. The summed E-state index contributed by atoms with van der Waals surface area (Å²) in [4.78, 5) is 52.3. The summed E-state index contributed by atoms with van der Waals surface area (Å²) < 4.78 is 0.800. The Morgan fingerprint density at radius 1 is 1.48 bits per heavy atom. The van der Waals surface area contributed by atoms with E-state index in [9.17, 15) is 19.5 Å². The number of amides is 2. The molecule has 0 radical (unpaired) electrons. The summed E-state index contributed by atoms with van der Waals surface area (Å²) in [6, 6.07) is -0.894. The number of aliphatic imine (C=N–C) groups is 1. The van der Waals surface area contributed by atoms with Gasteiger partial charge in [-0.05, 0) is 0 Å². The van der Waals surface area contributed by atoms with Crippen molar-refractivity contribution in [3.8, 4) is 0 Å². The molecule has 0 saturated carbocycles. The number of aliphatic carboxylic acids is 1. The second-order valence-electron chi connectivity index (χ2n) is 6.23. The quantitative estimate of drug-likeness (QED) is 0.287. The molecule has 0 spiro atoms. The fourth-order valence-corrected chi connectivity index (χ4v) is 7.21. The average Bonchev–Trinajstić information content (AvgIpc) is 3.41. The zero-order valence-corrected chi connectivity index (χ0v) is 19.2. The molecule has 31 heavy (non-hydrogen) atoms. The molecule has 3 aliphatic heterocycles. The lowest BCUT2D eigenvalue weighted by molar-refractivity contribution is -0.150. The Hall–Kier alpha value is -2.23. The Kier molecular flexibility index (Phi) is 6.45. The maximum absolute atomic E-state index is 12.8. The van der Waals surface area contributed by atoms with E-state index in [1.807, 2.05) is 0 Å². The third-order valence-electron chi connectivity index (χ3n) is 4.35. The largest absolute Gasteiger partial charge is 0.477 e. The van der Waals surface area contributed by atoms with Gasteiger partial charge in [0.1, 0.15) is 34.3 Å².